The highest BCUT2D eigenvalue weighted by Gasteiger charge is 2.15. The molecule has 0 aromatic heterocycles. The van der Waals surface area contributed by atoms with Gasteiger partial charge in [-0.25, -0.2) is 9.18 Å². The smallest absolute Gasteiger partial charge is 0.407 e. The van der Waals surface area contributed by atoms with Crippen molar-refractivity contribution in [2.75, 3.05) is 13.2 Å². The van der Waals surface area contributed by atoms with Crippen molar-refractivity contribution in [2.45, 2.75) is 33.3 Å². The van der Waals surface area contributed by atoms with Gasteiger partial charge in [0.2, 0.25) is 0 Å². The summed E-state index contributed by atoms with van der Waals surface area (Å²) in [5, 5.41) is 10.9. The Kier molecular flexibility index (Phi) is 5.28. The molecule has 2 N–H and O–H groups in total. The minimum Gasteiger partial charge on any atom is -0.444 e. The standard InChI is InChI=1S/C10H18FNO3/c1-7(8(11)6-13)5-12-9(14)15-10(2,3)4/h13H,5-6H2,1-4H3,(H,12,14). The van der Waals surface area contributed by atoms with E-state index in [9.17, 15) is 9.18 Å². The van der Waals surface area contributed by atoms with Crippen LogP contribution in [-0.2, 0) is 4.74 Å². The molecule has 0 aliphatic rings. The van der Waals surface area contributed by atoms with Gasteiger partial charge in [0.1, 0.15) is 11.4 Å². The molecule has 0 aromatic carbocycles. The predicted octanol–water partition coefficient (Wildman–Crippen LogP) is 1.75. The molecule has 0 rings (SSSR count). The third kappa shape index (κ3) is 6.90. The molecule has 88 valence electrons. The minimum atomic E-state index is -0.651. The van der Waals surface area contributed by atoms with Crippen LogP contribution in [0.15, 0.2) is 11.4 Å². The second-order valence-electron chi connectivity index (χ2n) is 4.20. The maximum Gasteiger partial charge on any atom is 0.407 e. The van der Waals surface area contributed by atoms with Gasteiger partial charge in [-0.2, -0.15) is 0 Å². The molecule has 0 saturated heterocycles. The van der Waals surface area contributed by atoms with Gasteiger partial charge in [0, 0.05) is 6.54 Å². The van der Waals surface area contributed by atoms with Gasteiger partial charge in [0.15, 0.2) is 0 Å². The lowest BCUT2D eigenvalue weighted by Gasteiger charge is -2.19. The highest BCUT2D eigenvalue weighted by atomic mass is 19.1. The Labute approximate surface area is 89.1 Å². The van der Waals surface area contributed by atoms with Gasteiger partial charge >= 0.3 is 6.09 Å². The lowest BCUT2D eigenvalue weighted by Crippen LogP contribution is -2.33. The van der Waals surface area contributed by atoms with Gasteiger partial charge in [0.05, 0.1) is 6.61 Å². The monoisotopic (exact) mass is 219 g/mol. The van der Waals surface area contributed by atoms with E-state index in [-0.39, 0.29) is 12.1 Å². The highest BCUT2D eigenvalue weighted by molar-refractivity contribution is 5.68. The molecule has 0 bridgehead atoms. The lowest BCUT2D eigenvalue weighted by molar-refractivity contribution is 0.0532. The Balaban J connectivity index is 4.03. The van der Waals surface area contributed by atoms with Crippen LogP contribution in [-0.4, -0.2) is 30.0 Å². The Hall–Kier alpha value is -1.10. The van der Waals surface area contributed by atoms with Crippen LogP contribution in [0.3, 0.4) is 0 Å². The largest absolute Gasteiger partial charge is 0.444 e. The van der Waals surface area contributed by atoms with Gasteiger partial charge in [-0.05, 0) is 33.3 Å². The summed E-state index contributed by atoms with van der Waals surface area (Å²) in [4.78, 5) is 11.1. The van der Waals surface area contributed by atoms with E-state index in [4.69, 9.17) is 9.84 Å². The fourth-order valence-electron chi connectivity index (χ4n) is 0.750. The second kappa shape index (κ2) is 5.70. The number of alkyl carbamates (subject to hydrolysis) is 1. The summed E-state index contributed by atoms with van der Waals surface area (Å²) in [6.45, 7) is 6.09. The number of carbonyl (C=O) groups excluding carboxylic acids is 1. The fraction of sp³-hybridized carbons (Fsp3) is 0.700. The van der Waals surface area contributed by atoms with Crippen molar-refractivity contribution in [3.05, 3.63) is 11.4 Å². The first-order valence-electron chi connectivity index (χ1n) is 4.68. The molecule has 15 heavy (non-hydrogen) atoms. The molecule has 4 nitrogen and oxygen atoms in total. The number of nitrogens with one attached hydrogen (secondary N) is 1. The van der Waals surface area contributed by atoms with E-state index >= 15 is 0 Å². The van der Waals surface area contributed by atoms with E-state index in [1.54, 1.807) is 20.8 Å². The number of aliphatic hydroxyl groups excluding tert-OH is 1. The molecule has 0 radical (unpaired) electrons. The van der Waals surface area contributed by atoms with Crippen molar-refractivity contribution in [1.82, 2.24) is 5.32 Å². The summed E-state index contributed by atoms with van der Waals surface area (Å²) < 4.78 is 17.7. The van der Waals surface area contributed by atoms with E-state index in [0.29, 0.717) is 0 Å². The number of ether oxygens (including phenoxy) is 1. The molecule has 0 aliphatic heterocycles. The van der Waals surface area contributed by atoms with Crippen LogP contribution in [0, 0.1) is 0 Å². The van der Waals surface area contributed by atoms with Crippen LogP contribution in [0.2, 0.25) is 0 Å². The van der Waals surface area contributed by atoms with Crippen LogP contribution >= 0.6 is 0 Å². The fourth-order valence-corrected chi connectivity index (χ4v) is 0.750. The zero-order chi connectivity index (χ0) is 12.1. The van der Waals surface area contributed by atoms with E-state index in [1.807, 2.05) is 0 Å². The molecule has 0 fully saturated rings. The normalized spacial score (nSPS) is 13.2. The first-order valence-corrected chi connectivity index (χ1v) is 4.68. The average Bonchev–Trinajstić information content (AvgIpc) is 2.10. The molecule has 0 heterocycles. The van der Waals surface area contributed by atoms with Crippen LogP contribution in [0.1, 0.15) is 27.7 Å². The number of halogens is 1. The summed E-state index contributed by atoms with van der Waals surface area (Å²) >= 11 is 0. The van der Waals surface area contributed by atoms with Crippen molar-refractivity contribution in [3.8, 4) is 0 Å². The van der Waals surface area contributed by atoms with Gasteiger partial charge in [-0.1, -0.05) is 0 Å². The molecule has 0 atom stereocenters. The quantitative estimate of drug-likeness (QED) is 0.760. The zero-order valence-corrected chi connectivity index (χ0v) is 9.56. The van der Waals surface area contributed by atoms with Crippen molar-refractivity contribution in [1.29, 1.82) is 0 Å². The highest BCUT2D eigenvalue weighted by Crippen LogP contribution is 2.07. The molecule has 0 unspecified atom stereocenters. The summed E-state index contributed by atoms with van der Waals surface area (Å²) in [7, 11) is 0. The summed E-state index contributed by atoms with van der Waals surface area (Å²) in [6, 6.07) is 0. The lowest BCUT2D eigenvalue weighted by atomic mass is 10.2. The maximum atomic E-state index is 12.8. The van der Waals surface area contributed by atoms with Gasteiger partial charge in [0.25, 0.3) is 0 Å². The van der Waals surface area contributed by atoms with Gasteiger partial charge in [-0.15, -0.1) is 0 Å². The summed E-state index contributed by atoms with van der Waals surface area (Å²) in [6.07, 6.45) is -0.604. The molecule has 0 aromatic rings. The predicted molar refractivity (Wildman–Crippen MR) is 55.1 cm³/mol. The van der Waals surface area contributed by atoms with Crippen LogP contribution in [0.5, 0.6) is 0 Å². The first kappa shape index (κ1) is 13.9. The number of rotatable bonds is 3. The Morgan fingerprint density at radius 2 is 2.00 bits per heavy atom. The molecule has 5 heteroatoms. The summed E-state index contributed by atoms with van der Waals surface area (Å²) in [5.41, 5.74) is -0.291. The van der Waals surface area contributed by atoms with E-state index in [2.05, 4.69) is 5.32 Å². The van der Waals surface area contributed by atoms with Crippen LogP contribution in [0.4, 0.5) is 9.18 Å². The minimum absolute atomic E-state index is 0.0291. The van der Waals surface area contributed by atoms with E-state index in [1.165, 1.54) is 6.92 Å². The number of carbonyl (C=O) groups is 1. The SMILES string of the molecule is CC(CNC(=O)OC(C)(C)C)=C(F)CO. The number of hydrogen-bond donors (Lipinski definition) is 2. The third-order valence-corrected chi connectivity index (χ3v) is 1.50. The van der Waals surface area contributed by atoms with Crippen LogP contribution in [0.25, 0.3) is 0 Å². The molecule has 0 aliphatic carbocycles. The topological polar surface area (TPSA) is 58.6 Å². The van der Waals surface area contributed by atoms with E-state index in [0.717, 1.165) is 0 Å². The molecular weight excluding hydrogens is 201 g/mol. The average molecular weight is 219 g/mol. The molecule has 1 amide bonds. The Morgan fingerprint density at radius 3 is 2.40 bits per heavy atom. The number of amides is 1. The van der Waals surface area contributed by atoms with Crippen molar-refractivity contribution < 1.29 is 19.0 Å². The van der Waals surface area contributed by atoms with Gasteiger partial charge < -0.3 is 15.2 Å². The van der Waals surface area contributed by atoms with Crippen LogP contribution < -0.4 is 5.32 Å². The zero-order valence-electron chi connectivity index (χ0n) is 9.56. The maximum absolute atomic E-state index is 12.8. The van der Waals surface area contributed by atoms with Gasteiger partial charge in [-0.3, -0.25) is 0 Å². The Morgan fingerprint density at radius 1 is 1.47 bits per heavy atom. The Bertz CT molecular complexity index is 256. The van der Waals surface area contributed by atoms with Crippen molar-refractivity contribution in [3.63, 3.8) is 0 Å². The number of hydrogen-bond acceptors (Lipinski definition) is 3. The van der Waals surface area contributed by atoms with Crippen molar-refractivity contribution >= 4 is 6.09 Å². The molecule has 0 spiro atoms. The number of aliphatic hydroxyl groups is 1. The third-order valence-electron chi connectivity index (χ3n) is 1.50. The molecule has 0 saturated carbocycles. The van der Waals surface area contributed by atoms with Crippen molar-refractivity contribution in [2.24, 2.45) is 0 Å². The summed E-state index contributed by atoms with van der Waals surface area (Å²) in [5.74, 6) is -0.633. The molecular formula is C10H18FNO3. The first-order chi connectivity index (χ1) is 6.76. The van der Waals surface area contributed by atoms with E-state index < -0.39 is 24.1 Å². The second-order valence-corrected chi connectivity index (χ2v) is 4.20.